The molecule has 0 bridgehead atoms. The van der Waals surface area contributed by atoms with Gasteiger partial charge in [-0.1, -0.05) is 200 Å². The van der Waals surface area contributed by atoms with Crippen molar-refractivity contribution in [3.63, 3.8) is 0 Å². The first-order valence-corrected chi connectivity index (χ1v) is 25.9. The van der Waals surface area contributed by atoms with Gasteiger partial charge >= 0.3 is 0 Å². The summed E-state index contributed by atoms with van der Waals surface area (Å²) in [6.45, 7) is 19.1. The molecule has 0 aromatic heterocycles. The molecule has 0 radical (unpaired) electrons. The van der Waals surface area contributed by atoms with Crippen LogP contribution in [0.4, 0.5) is 0 Å². The third kappa shape index (κ3) is 4.70. The van der Waals surface area contributed by atoms with Crippen molar-refractivity contribution in [2.24, 2.45) is 0 Å². The number of ether oxygens (including phenoxy) is 2. The standard InChI is InChI=1S/C61H50O2Si/c1-59(2)43-24-14-13-22-40(43)54-44(59)30-31-47-57(54)63-56-42(23-17-25-46(56)61(47,5)6)53-38-20-11-9-18-36(38)52(37-19-10-12-21-39(37)53)35-28-29-41-48(34-35)60(3,4)45-32-33-51-58(55(41)45)62-49-26-15-16-27-50(49)64(51,7)8/h9-34H,1-8H3. The molecule has 0 saturated carbocycles. The Labute approximate surface area is 377 Å². The fourth-order valence-corrected chi connectivity index (χ4v) is 15.3. The Morgan fingerprint density at radius 1 is 0.344 bits per heavy atom. The van der Waals surface area contributed by atoms with Crippen molar-refractivity contribution in [2.75, 3.05) is 0 Å². The molecule has 0 fully saturated rings. The molecule has 9 aromatic carbocycles. The second-order valence-electron chi connectivity index (χ2n) is 20.8. The summed E-state index contributed by atoms with van der Waals surface area (Å²) in [7, 11) is -1.99. The van der Waals surface area contributed by atoms with Crippen molar-refractivity contribution in [1.82, 2.24) is 0 Å². The molecule has 2 nitrogen and oxygen atoms in total. The SMILES string of the molecule is CC1(C)c2cccc(-c3c4ccccc4c(-c4ccc5c(c4)C(C)(C)c4ccc6c(c4-5)Oc4ccccc4[Si]6(C)C)c4ccccc34)c2Oc2c1ccc1c2-c2ccccc2C1(C)C. The second kappa shape index (κ2) is 12.5. The number of hydrogen-bond acceptors (Lipinski definition) is 2. The molecule has 0 unspecified atom stereocenters. The van der Waals surface area contributed by atoms with Crippen LogP contribution in [0.3, 0.4) is 0 Å². The van der Waals surface area contributed by atoms with Crippen LogP contribution in [0.15, 0.2) is 158 Å². The van der Waals surface area contributed by atoms with Crippen molar-refractivity contribution < 1.29 is 9.47 Å². The van der Waals surface area contributed by atoms with Crippen LogP contribution < -0.4 is 19.8 Å². The summed E-state index contributed by atoms with van der Waals surface area (Å²) in [4.78, 5) is 0. The van der Waals surface area contributed by atoms with Crippen LogP contribution in [0.5, 0.6) is 23.0 Å². The molecule has 0 N–H and O–H groups in total. The number of hydrogen-bond donors (Lipinski definition) is 0. The molecule has 64 heavy (non-hydrogen) atoms. The maximum atomic E-state index is 7.47. The quantitative estimate of drug-likeness (QED) is 0.127. The molecular formula is C61H50O2Si. The average molecular weight is 843 g/mol. The Morgan fingerprint density at radius 2 is 0.859 bits per heavy atom. The third-order valence-electron chi connectivity index (χ3n) is 16.0. The maximum Gasteiger partial charge on any atom is 0.139 e. The Kier molecular flexibility index (Phi) is 7.40. The molecule has 4 aliphatic rings. The minimum Gasteiger partial charge on any atom is -0.457 e. The van der Waals surface area contributed by atoms with Crippen LogP contribution in [0.2, 0.25) is 13.1 Å². The molecule has 2 aliphatic heterocycles. The fourth-order valence-electron chi connectivity index (χ4n) is 12.5. The molecule has 2 heterocycles. The van der Waals surface area contributed by atoms with Crippen LogP contribution in [-0.4, -0.2) is 8.07 Å². The minimum atomic E-state index is -1.99. The summed E-state index contributed by atoms with van der Waals surface area (Å²) < 4.78 is 14.4. The molecule has 13 rings (SSSR count). The minimum absolute atomic E-state index is 0.121. The molecule has 310 valence electrons. The van der Waals surface area contributed by atoms with Crippen LogP contribution in [0.25, 0.3) is 66.1 Å². The van der Waals surface area contributed by atoms with Crippen molar-refractivity contribution in [3.8, 4) is 67.5 Å². The highest BCUT2D eigenvalue weighted by atomic mass is 28.3. The Morgan fingerprint density at radius 3 is 1.59 bits per heavy atom. The zero-order valence-electron chi connectivity index (χ0n) is 37.8. The smallest absolute Gasteiger partial charge is 0.139 e. The molecule has 0 atom stereocenters. The first-order valence-electron chi connectivity index (χ1n) is 22.9. The first kappa shape index (κ1) is 37.8. The van der Waals surface area contributed by atoms with Gasteiger partial charge in [0.1, 0.15) is 31.1 Å². The molecule has 3 heteroatoms. The van der Waals surface area contributed by atoms with Crippen LogP contribution in [0.1, 0.15) is 74.9 Å². The predicted octanol–water partition coefficient (Wildman–Crippen LogP) is 15.3. The number of benzene rings is 9. The van der Waals surface area contributed by atoms with Gasteiger partial charge in [-0.25, -0.2) is 0 Å². The highest BCUT2D eigenvalue weighted by Gasteiger charge is 2.45. The average Bonchev–Trinajstić information content (AvgIpc) is 3.67. The van der Waals surface area contributed by atoms with E-state index in [1.165, 1.54) is 104 Å². The van der Waals surface area contributed by atoms with Gasteiger partial charge in [0.05, 0.1) is 0 Å². The molecule has 0 saturated heterocycles. The Balaban J connectivity index is 1.01. The van der Waals surface area contributed by atoms with Gasteiger partial charge in [0, 0.05) is 49.6 Å². The lowest BCUT2D eigenvalue weighted by Crippen LogP contribution is -2.56. The molecular weight excluding hydrogens is 793 g/mol. The number of rotatable bonds is 2. The van der Waals surface area contributed by atoms with Gasteiger partial charge in [-0.2, -0.15) is 0 Å². The Hall–Kier alpha value is -6.68. The van der Waals surface area contributed by atoms with Crippen molar-refractivity contribution in [1.29, 1.82) is 0 Å². The van der Waals surface area contributed by atoms with Gasteiger partial charge in [0.15, 0.2) is 0 Å². The fraction of sp³-hybridized carbons (Fsp3) is 0.180. The van der Waals surface area contributed by atoms with Crippen molar-refractivity contribution in [3.05, 3.63) is 191 Å². The van der Waals surface area contributed by atoms with E-state index in [9.17, 15) is 0 Å². The summed E-state index contributed by atoms with van der Waals surface area (Å²) in [5.41, 5.74) is 17.1. The zero-order chi connectivity index (χ0) is 43.7. The largest absolute Gasteiger partial charge is 0.457 e. The second-order valence-corrected chi connectivity index (χ2v) is 25.1. The van der Waals surface area contributed by atoms with Gasteiger partial charge in [0.2, 0.25) is 0 Å². The molecule has 2 aliphatic carbocycles. The van der Waals surface area contributed by atoms with E-state index in [0.29, 0.717) is 0 Å². The zero-order valence-corrected chi connectivity index (χ0v) is 38.8. The van der Waals surface area contributed by atoms with E-state index in [-0.39, 0.29) is 16.2 Å². The number of fused-ring (bicyclic) bond motifs is 14. The van der Waals surface area contributed by atoms with Crippen molar-refractivity contribution in [2.45, 2.75) is 70.9 Å². The lowest BCUT2D eigenvalue weighted by Gasteiger charge is -2.37. The first-order chi connectivity index (χ1) is 30.8. The third-order valence-corrected chi connectivity index (χ3v) is 19.5. The van der Waals surface area contributed by atoms with E-state index in [1.807, 2.05) is 0 Å². The van der Waals surface area contributed by atoms with E-state index < -0.39 is 8.07 Å². The van der Waals surface area contributed by atoms with Crippen LogP contribution in [-0.2, 0) is 16.2 Å². The summed E-state index contributed by atoms with van der Waals surface area (Å²) >= 11 is 0. The normalized spacial score (nSPS) is 16.9. The van der Waals surface area contributed by atoms with E-state index >= 15 is 0 Å². The van der Waals surface area contributed by atoms with Gasteiger partial charge in [-0.15, -0.1) is 0 Å². The predicted molar refractivity (Wildman–Crippen MR) is 269 cm³/mol. The lowest BCUT2D eigenvalue weighted by atomic mass is 9.72. The number of para-hydroxylation sites is 2. The summed E-state index contributed by atoms with van der Waals surface area (Å²) in [5.74, 6) is 4.02. The topological polar surface area (TPSA) is 18.5 Å². The monoisotopic (exact) mass is 842 g/mol. The highest BCUT2D eigenvalue weighted by molar-refractivity contribution is 7.01. The van der Waals surface area contributed by atoms with E-state index in [4.69, 9.17) is 9.47 Å². The van der Waals surface area contributed by atoms with E-state index in [0.717, 1.165) is 28.6 Å². The lowest BCUT2D eigenvalue weighted by molar-refractivity contribution is 0.420. The van der Waals surface area contributed by atoms with E-state index in [1.54, 1.807) is 0 Å². The van der Waals surface area contributed by atoms with E-state index in [2.05, 4.69) is 212 Å². The van der Waals surface area contributed by atoms with Gasteiger partial charge in [-0.05, 0) is 88.6 Å². The molecule has 0 spiro atoms. The summed E-state index contributed by atoms with van der Waals surface area (Å²) in [6, 6.07) is 59.1. The Bertz CT molecular complexity index is 3510. The van der Waals surface area contributed by atoms with Gasteiger partial charge in [-0.3, -0.25) is 0 Å². The van der Waals surface area contributed by atoms with Gasteiger partial charge in [0.25, 0.3) is 0 Å². The summed E-state index contributed by atoms with van der Waals surface area (Å²) in [5, 5.41) is 7.66. The van der Waals surface area contributed by atoms with Gasteiger partial charge < -0.3 is 9.47 Å². The van der Waals surface area contributed by atoms with Crippen LogP contribution in [0, 0.1) is 0 Å². The molecule has 9 aromatic rings. The molecule has 0 amide bonds. The van der Waals surface area contributed by atoms with Crippen LogP contribution >= 0.6 is 0 Å². The van der Waals surface area contributed by atoms with Crippen molar-refractivity contribution >= 4 is 40.0 Å². The summed E-state index contributed by atoms with van der Waals surface area (Å²) in [6.07, 6.45) is 0. The maximum absolute atomic E-state index is 7.47. The highest BCUT2D eigenvalue weighted by Crippen LogP contribution is 2.61.